The Labute approximate surface area is 96.9 Å². The standard InChI is InChI=1S/C12H22FNO2/c1-3-5-7-9-11(15)14(13)12(16)10-8-6-4-2/h3-10H2,1-2H3. The second-order valence-electron chi connectivity index (χ2n) is 3.98. The summed E-state index contributed by atoms with van der Waals surface area (Å²) < 4.78 is 13.2. The molecule has 0 aliphatic carbocycles. The molecule has 0 rings (SSSR count). The van der Waals surface area contributed by atoms with Crippen LogP contribution in [0.4, 0.5) is 4.48 Å². The van der Waals surface area contributed by atoms with Crippen molar-refractivity contribution >= 4 is 11.8 Å². The molecule has 0 spiro atoms. The quantitative estimate of drug-likeness (QED) is 0.474. The van der Waals surface area contributed by atoms with E-state index in [4.69, 9.17) is 0 Å². The van der Waals surface area contributed by atoms with Gasteiger partial charge in [0.2, 0.25) is 0 Å². The molecule has 0 atom stereocenters. The molecule has 0 aromatic rings. The van der Waals surface area contributed by atoms with Gasteiger partial charge >= 0.3 is 0 Å². The van der Waals surface area contributed by atoms with E-state index in [0.717, 1.165) is 25.7 Å². The van der Waals surface area contributed by atoms with Crippen molar-refractivity contribution < 1.29 is 14.1 Å². The molecule has 0 aliphatic rings. The molecule has 0 fully saturated rings. The fourth-order valence-corrected chi connectivity index (χ4v) is 1.39. The SMILES string of the molecule is CCCCCC(=O)N(F)C(=O)CCCCC. The molecule has 0 aromatic carbocycles. The first-order valence-corrected chi connectivity index (χ1v) is 6.15. The van der Waals surface area contributed by atoms with E-state index in [0.29, 0.717) is 12.8 Å². The highest BCUT2D eigenvalue weighted by molar-refractivity contribution is 5.93. The number of carbonyl (C=O) groups excluding carboxylic acids is 2. The molecule has 0 aliphatic heterocycles. The molecule has 0 radical (unpaired) electrons. The molecule has 0 saturated heterocycles. The Kier molecular flexibility index (Phi) is 8.77. The van der Waals surface area contributed by atoms with E-state index in [-0.39, 0.29) is 18.0 Å². The van der Waals surface area contributed by atoms with Gasteiger partial charge in [0, 0.05) is 12.8 Å². The molecule has 3 nitrogen and oxygen atoms in total. The number of rotatable bonds is 8. The lowest BCUT2D eigenvalue weighted by molar-refractivity contribution is -0.162. The van der Waals surface area contributed by atoms with Gasteiger partial charge in [0.05, 0.1) is 0 Å². The Balaban J connectivity index is 3.78. The van der Waals surface area contributed by atoms with Crippen molar-refractivity contribution in [3.8, 4) is 0 Å². The van der Waals surface area contributed by atoms with Gasteiger partial charge in [-0.3, -0.25) is 9.59 Å². The predicted octanol–water partition coefficient (Wildman–Crippen LogP) is 3.39. The molecule has 16 heavy (non-hydrogen) atoms. The zero-order valence-electron chi connectivity index (χ0n) is 10.3. The van der Waals surface area contributed by atoms with Gasteiger partial charge in [-0.2, -0.15) is 0 Å². The van der Waals surface area contributed by atoms with Crippen molar-refractivity contribution in [3.63, 3.8) is 0 Å². The van der Waals surface area contributed by atoms with Crippen LogP contribution < -0.4 is 0 Å². The number of hydrogen-bond donors (Lipinski definition) is 0. The Morgan fingerprint density at radius 3 is 1.56 bits per heavy atom. The third kappa shape index (κ3) is 6.53. The van der Waals surface area contributed by atoms with E-state index in [9.17, 15) is 14.1 Å². The number of hydrogen-bond acceptors (Lipinski definition) is 2. The smallest absolute Gasteiger partial charge is 0.258 e. The molecule has 0 bridgehead atoms. The van der Waals surface area contributed by atoms with Crippen molar-refractivity contribution in [1.29, 1.82) is 0 Å². The van der Waals surface area contributed by atoms with Gasteiger partial charge in [-0.15, -0.1) is 5.12 Å². The summed E-state index contributed by atoms with van der Waals surface area (Å²) in [6.45, 7) is 4.02. The van der Waals surface area contributed by atoms with Crippen LogP contribution in [-0.2, 0) is 9.59 Å². The maximum Gasteiger partial charge on any atom is 0.258 e. The van der Waals surface area contributed by atoms with Crippen LogP contribution in [0.2, 0.25) is 0 Å². The highest BCUT2D eigenvalue weighted by Crippen LogP contribution is 2.08. The normalized spacial score (nSPS) is 10.2. The van der Waals surface area contributed by atoms with E-state index in [2.05, 4.69) is 0 Å². The highest BCUT2D eigenvalue weighted by atomic mass is 19.2. The van der Waals surface area contributed by atoms with Crippen molar-refractivity contribution in [2.75, 3.05) is 0 Å². The molecule has 0 N–H and O–H groups in total. The highest BCUT2D eigenvalue weighted by Gasteiger charge is 2.19. The Hall–Kier alpha value is -0.930. The van der Waals surface area contributed by atoms with Crippen LogP contribution in [0.25, 0.3) is 0 Å². The van der Waals surface area contributed by atoms with Crippen LogP contribution in [0, 0.1) is 0 Å². The first-order chi connectivity index (χ1) is 7.63. The van der Waals surface area contributed by atoms with Gasteiger partial charge in [-0.1, -0.05) is 44.0 Å². The maximum atomic E-state index is 13.2. The minimum absolute atomic E-state index is 0.129. The molecule has 0 unspecified atom stereocenters. The number of unbranched alkanes of at least 4 members (excludes halogenated alkanes) is 4. The van der Waals surface area contributed by atoms with Gasteiger partial charge in [-0.05, 0) is 12.8 Å². The van der Waals surface area contributed by atoms with Crippen LogP contribution in [0.15, 0.2) is 0 Å². The average Bonchev–Trinajstić information content (AvgIpc) is 2.28. The van der Waals surface area contributed by atoms with Gasteiger partial charge in [-0.25, -0.2) is 0 Å². The molecule has 4 heteroatoms. The summed E-state index contributed by atoms with van der Waals surface area (Å²) in [4.78, 5) is 22.4. The van der Waals surface area contributed by atoms with Gasteiger partial charge in [0.15, 0.2) is 0 Å². The molecule has 0 saturated carbocycles. The van der Waals surface area contributed by atoms with Crippen molar-refractivity contribution in [2.45, 2.75) is 65.2 Å². The molecular formula is C12H22FNO2. The number of halogens is 1. The summed E-state index contributed by atoms with van der Waals surface area (Å²) >= 11 is 0. The zero-order valence-corrected chi connectivity index (χ0v) is 10.3. The molecule has 94 valence electrons. The first-order valence-electron chi connectivity index (χ1n) is 6.15. The minimum Gasteiger partial charge on any atom is -0.272 e. The van der Waals surface area contributed by atoms with Crippen LogP contribution in [0.5, 0.6) is 0 Å². The van der Waals surface area contributed by atoms with E-state index in [1.54, 1.807) is 0 Å². The second-order valence-corrected chi connectivity index (χ2v) is 3.98. The van der Waals surface area contributed by atoms with E-state index in [1.807, 2.05) is 13.8 Å². The van der Waals surface area contributed by atoms with E-state index < -0.39 is 11.8 Å². The first kappa shape index (κ1) is 15.1. The van der Waals surface area contributed by atoms with Gasteiger partial charge < -0.3 is 0 Å². The lowest BCUT2D eigenvalue weighted by Crippen LogP contribution is -2.29. The number of nitrogens with zero attached hydrogens (tertiary/aromatic N) is 1. The lowest BCUT2D eigenvalue weighted by Gasteiger charge is -2.09. The Morgan fingerprint density at radius 2 is 1.25 bits per heavy atom. The molecule has 0 aromatic heterocycles. The third-order valence-electron chi connectivity index (χ3n) is 2.43. The second kappa shape index (κ2) is 9.31. The largest absolute Gasteiger partial charge is 0.272 e. The Bertz CT molecular complexity index is 197. The van der Waals surface area contributed by atoms with Crippen molar-refractivity contribution in [3.05, 3.63) is 0 Å². The topological polar surface area (TPSA) is 37.4 Å². The van der Waals surface area contributed by atoms with Crippen molar-refractivity contribution in [1.82, 2.24) is 5.12 Å². The van der Waals surface area contributed by atoms with Crippen LogP contribution in [-0.4, -0.2) is 16.9 Å². The maximum absolute atomic E-state index is 13.2. The molecule has 0 heterocycles. The Morgan fingerprint density at radius 1 is 0.875 bits per heavy atom. The minimum atomic E-state index is -0.699. The van der Waals surface area contributed by atoms with Gasteiger partial charge in [0.1, 0.15) is 0 Å². The van der Waals surface area contributed by atoms with Crippen molar-refractivity contribution in [2.24, 2.45) is 0 Å². The summed E-state index contributed by atoms with van der Waals surface area (Å²) in [6, 6.07) is 0. The molecule has 2 amide bonds. The van der Waals surface area contributed by atoms with Crippen LogP contribution in [0.1, 0.15) is 65.2 Å². The van der Waals surface area contributed by atoms with Crippen LogP contribution in [0.3, 0.4) is 0 Å². The predicted molar refractivity (Wildman–Crippen MR) is 61.2 cm³/mol. The third-order valence-corrected chi connectivity index (χ3v) is 2.43. The summed E-state index contributed by atoms with van der Waals surface area (Å²) in [5.41, 5.74) is 0. The summed E-state index contributed by atoms with van der Waals surface area (Å²) in [5.74, 6) is -1.40. The average molecular weight is 231 g/mol. The lowest BCUT2D eigenvalue weighted by atomic mass is 10.2. The van der Waals surface area contributed by atoms with Gasteiger partial charge in [0.25, 0.3) is 11.8 Å². The van der Waals surface area contributed by atoms with E-state index >= 15 is 0 Å². The zero-order chi connectivity index (χ0) is 12.4. The van der Waals surface area contributed by atoms with E-state index in [1.165, 1.54) is 0 Å². The summed E-state index contributed by atoms with van der Waals surface area (Å²) in [5, 5.41) is -0.203. The molecular weight excluding hydrogens is 209 g/mol. The van der Waals surface area contributed by atoms with Crippen LogP contribution >= 0.6 is 0 Å². The number of amides is 2. The summed E-state index contributed by atoms with van der Waals surface area (Å²) in [7, 11) is 0. The number of imide groups is 1. The fourth-order valence-electron chi connectivity index (χ4n) is 1.39. The number of carbonyl (C=O) groups is 2. The summed E-state index contributed by atoms with van der Waals surface area (Å²) in [6.07, 6.45) is 5.30. The monoisotopic (exact) mass is 231 g/mol. The fraction of sp³-hybridized carbons (Fsp3) is 0.833.